The minimum atomic E-state index is 0.479. The Kier molecular flexibility index (Phi) is 2.85. The summed E-state index contributed by atoms with van der Waals surface area (Å²) in [5, 5.41) is 3.22. The number of nitrogens with zero attached hydrogens (tertiary/aromatic N) is 3. The van der Waals surface area contributed by atoms with E-state index in [0.717, 1.165) is 35.8 Å². The number of hydrogen-bond donors (Lipinski definition) is 2. The quantitative estimate of drug-likeness (QED) is 0.874. The molecule has 0 aliphatic heterocycles. The molecule has 2 heterocycles. The second kappa shape index (κ2) is 4.53. The molecule has 3 N–H and O–H groups in total. The van der Waals surface area contributed by atoms with Gasteiger partial charge in [0.15, 0.2) is 0 Å². The molecule has 6 heteroatoms. The van der Waals surface area contributed by atoms with Gasteiger partial charge in [-0.05, 0) is 26.7 Å². The lowest BCUT2D eigenvalue weighted by Gasteiger charge is -2.10. The van der Waals surface area contributed by atoms with Gasteiger partial charge >= 0.3 is 0 Å². The average Bonchev–Trinajstić information content (AvgIpc) is 3.15. The van der Waals surface area contributed by atoms with Gasteiger partial charge in [-0.25, -0.2) is 15.0 Å². The van der Waals surface area contributed by atoms with Crippen LogP contribution < -0.4 is 11.1 Å². The van der Waals surface area contributed by atoms with Crippen LogP contribution in [0.2, 0.25) is 0 Å². The normalized spacial score (nSPS) is 14.6. The molecular formula is C13H17N5O. The molecule has 0 aromatic carbocycles. The number of aryl methyl sites for hydroxylation is 1. The van der Waals surface area contributed by atoms with Crippen LogP contribution in [0.15, 0.2) is 10.6 Å². The third kappa shape index (κ3) is 2.52. The molecule has 1 aliphatic carbocycles. The van der Waals surface area contributed by atoms with Crippen molar-refractivity contribution in [1.82, 2.24) is 15.0 Å². The molecule has 1 fully saturated rings. The number of nitrogens with one attached hydrogen (secondary N) is 1. The fraction of sp³-hybridized carbons (Fsp3) is 0.462. The fourth-order valence-corrected chi connectivity index (χ4v) is 1.89. The zero-order valence-electron chi connectivity index (χ0n) is 11.1. The molecule has 0 spiro atoms. The summed E-state index contributed by atoms with van der Waals surface area (Å²) in [6.07, 6.45) is 4.01. The Morgan fingerprint density at radius 1 is 1.37 bits per heavy atom. The highest BCUT2D eigenvalue weighted by Gasteiger charge is 2.27. The van der Waals surface area contributed by atoms with Gasteiger partial charge in [-0.15, -0.1) is 0 Å². The summed E-state index contributed by atoms with van der Waals surface area (Å²) in [5.41, 5.74) is 6.80. The SMILES string of the molecule is Cc1cnc(CNc2nc(C3CC3)nc(N)c2C)o1. The molecule has 3 rings (SSSR count). The monoisotopic (exact) mass is 259 g/mol. The van der Waals surface area contributed by atoms with Gasteiger partial charge in [-0.2, -0.15) is 0 Å². The zero-order valence-corrected chi connectivity index (χ0v) is 11.1. The molecule has 1 saturated carbocycles. The number of anilines is 2. The maximum absolute atomic E-state index is 5.93. The molecule has 0 unspecified atom stereocenters. The Morgan fingerprint density at radius 3 is 2.79 bits per heavy atom. The van der Waals surface area contributed by atoms with E-state index in [0.29, 0.717) is 24.2 Å². The molecule has 2 aromatic heterocycles. The first kappa shape index (κ1) is 12.0. The number of aromatic nitrogens is 3. The third-order valence-electron chi connectivity index (χ3n) is 3.22. The number of nitrogens with two attached hydrogens (primary N) is 1. The number of nitrogen functional groups attached to an aromatic ring is 1. The molecular weight excluding hydrogens is 242 g/mol. The van der Waals surface area contributed by atoms with Gasteiger partial charge in [0.25, 0.3) is 0 Å². The summed E-state index contributed by atoms with van der Waals surface area (Å²) < 4.78 is 5.42. The van der Waals surface area contributed by atoms with Crippen LogP contribution in [0, 0.1) is 13.8 Å². The van der Waals surface area contributed by atoms with E-state index in [-0.39, 0.29) is 0 Å². The Morgan fingerprint density at radius 2 is 2.16 bits per heavy atom. The van der Waals surface area contributed by atoms with Crippen LogP contribution in [-0.4, -0.2) is 15.0 Å². The summed E-state index contributed by atoms with van der Waals surface area (Å²) in [5.74, 6) is 4.08. The van der Waals surface area contributed by atoms with E-state index in [1.165, 1.54) is 0 Å². The largest absolute Gasteiger partial charge is 0.444 e. The third-order valence-corrected chi connectivity index (χ3v) is 3.22. The van der Waals surface area contributed by atoms with Gasteiger partial charge in [0, 0.05) is 11.5 Å². The maximum Gasteiger partial charge on any atom is 0.213 e. The lowest BCUT2D eigenvalue weighted by molar-refractivity contribution is 0.478. The molecule has 1 aliphatic rings. The van der Waals surface area contributed by atoms with E-state index in [9.17, 15) is 0 Å². The smallest absolute Gasteiger partial charge is 0.213 e. The second-order valence-corrected chi connectivity index (χ2v) is 4.93. The summed E-state index contributed by atoms with van der Waals surface area (Å²) in [4.78, 5) is 13.0. The van der Waals surface area contributed by atoms with E-state index in [1.54, 1.807) is 6.20 Å². The van der Waals surface area contributed by atoms with E-state index in [4.69, 9.17) is 10.2 Å². The lowest BCUT2D eigenvalue weighted by Crippen LogP contribution is -2.09. The van der Waals surface area contributed by atoms with Crippen molar-refractivity contribution >= 4 is 11.6 Å². The topological polar surface area (TPSA) is 89.9 Å². The highest BCUT2D eigenvalue weighted by Crippen LogP contribution is 2.39. The predicted octanol–water partition coefficient (Wildman–Crippen LogP) is 2.15. The van der Waals surface area contributed by atoms with Gasteiger partial charge in [0.2, 0.25) is 5.89 Å². The van der Waals surface area contributed by atoms with E-state index in [2.05, 4.69) is 20.3 Å². The lowest BCUT2D eigenvalue weighted by atomic mass is 10.3. The molecule has 19 heavy (non-hydrogen) atoms. The fourth-order valence-electron chi connectivity index (χ4n) is 1.89. The van der Waals surface area contributed by atoms with Crippen molar-refractivity contribution in [2.24, 2.45) is 0 Å². The number of oxazole rings is 1. The molecule has 2 aromatic rings. The van der Waals surface area contributed by atoms with Crippen molar-refractivity contribution in [3.8, 4) is 0 Å². The molecule has 6 nitrogen and oxygen atoms in total. The molecule has 0 atom stereocenters. The van der Waals surface area contributed by atoms with Crippen LogP contribution in [0.3, 0.4) is 0 Å². The standard InChI is InChI=1S/C13H17N5O/c1-7-5-15-10(19-7)6-16-12-8(2)11(14)17-13(18-12)9-3-4-9/h5,9H,3-4,6H2,1-2H3,(H3,14,16,17,18). The van der Waals surface area contributed by atoms with Crippen molar-refractivity contribution in [2.45, 2.75) is 39.2 Å². The molecule has 0 amide bonds. The van der Waals surface area contributed by atoms with Crippen LogP contribution in [-0.2, 0) is 6.54 Å². The van der Waals surface area contributed by atoms with Crippen LogP contribution in [0.25, 0.3) is 0 Å². The van der Waals surface area contributed by atoms with Crippen molar-refractivity contribution in [1.29, 1.82) is 0 Å². The summed E-state index contributed by atoms with van der Waals surface area (Å²) in [7, 11) is 0. The van der Waals surface area contributed by atoms with Gasteiger partial charge < -0.3 is 15.5 Å². The van der Waals surface area contributed by atoms with Crippen LogP contribution in [0.1, 0.15) is 41.8 Å². The molecule has 0 bridgehead atoms. The van der Waals surface area contributed by atoms with E-state index in [1.807, 2.05) is 13.8 Å². The Bertz CT molecular complexity index is 603. The molecule has 100 valence electrons. The Balaban J connectivity index is 1.79. The van der Waals surface area contributed by atoms with Crippen molar-refractivity contribution < 1.29 is 4.42 Å². The van der Waals surface area contributed by atoms with Crippen LogP contribution in [0.5, 0.6) is 0 Å². The minimum Gasteiger partial charge on any atom is -0.444 e. The summed E-state index contributed by atoms with van der Waals surface area (Å²) in [6, 6.07) is 0. The van der Waals surface area contributed by atoms with Crippen LogP contribution >= 0.6 is 0 Å². The van der Waals surface area contributed by atoms with Crippen molar-refractivity contribution in [2.75, 3.05) is 11.1 Å². The van der Waals surface area contributed by atoms with Gasteiger partial charge in [0.05, 0.1) is 12.7 Å². The second-order valence-electron chi connectivity index (χ2n) is 4.93. The minimum absolute atomic E-state index is 0.479. The van der Waals surface area contributed by atoms with Crippen LogP contribution in [0.4, 0.5) is 11.6 Å². The van der Waals surface area contributed by atoms with Gasteiger partial charge in [0.1, 0.15) is 23.2 Å². The first-order valence-corrected chi connectivity index (χ1v) is 6.42. The number of hydrogen-bond acceptors (Lipinski definition) is 6. The Labute approximate surface area is 111 Å². The number of rotatable bonds is 4. The van der Waals surface area contributed by atoms with Gasteiger partial charge in [-0.3, -0.25) is 0 Å². The summed E-state index contributed by atoms with van der Waals surface area (Å²) >= 11 is 0. The first-order chi connectivity index (χ1) is 9.13. The molecule has 0 radical (unpaired) electrons. The van der Waals surface area contributed by atoms with E-state index >= 15 is 0 Å². The first-order valence-electron chi connectivity index (χ1n) is 6.42. The maximum atomic E-state index is 5.93. The van der Waals surface area contributed by atoms with Crippen molar-refractivity contribution in [3.63, 3.8) is 0 Å². The van der Waals surface area contributed by atoms with Crippen molar-refractivity contribution in [3.05, 3.63) is 29.2 Å². The predicted molar refractivity (Wildman–Crippen MR) is 71.7 cm³/mol. The Hall–Kier alpha value is -2.11. The van der Waals surface area contributed by atoms with Gasteiger partial charge in [-0.1, -0.05) is 0 Å². The highest BCUT2D eigenvalue weighted by molar-refractivity contribution is 5.55. The van der Waals surface area contributed by atoms with E-state index < -0.39 is 0 Å². The average molecular weight is 259 g/mol. The summed E-state index contributed by atoms with van der Waals surface area (Å²) in [6.45, 7) is 4.28. The zero-order chi connectivity index (χ0) is 13.4. The highest BCUT2D eigenvalue weighted by atomic mass is 16.4. The molecule has 0 saturated heterocycles.